The van der Waals surface area contributed by atoms with Crippen LogP contribution >= 0.6 is 22.9 Å². The first-order valence-corrected chi connectivity index (χ1v) is 11.1. The van der Waals surface area contributed by atoms with Crippen molar-refractivity contribution in [1.29, 1.82) is 0 Å². The molecular weight excluding hydrogens is 438 g/mol. The minimum Gasteiger partial charge on any atom is -0.464 e. The zero-order chi connectivity index (χ0) is 21.4. The van der Waals surface area contributed by atoms with Gasteiger partial charge in [-0.3, -0.25) is 15.1 Å². The Kier molecular flexibility index (Phi) is 5.47. The zero-order valence-electron chi connectivity index (χ0n) is 16.7. The molecule has 3 heterocycles. The van der Waals surface area contributed by atoms with Crippen molar-refractivity contribution in [2.45, 2.75) is 25.7 Å². The van der Waals surface area contributed by atoms with Gasteiger partial charge in [0.25, 0.3) is 11.1 Å². The summed E-state index contributed by atoms with van der Waals surface area (Å²) in [6, 6.07) is 9.39. The van der Waals surface area contributed by atoms with Crippen LogP contribution in [0.1, 0.15) is 22.8 Å². The predicted molar refractivity (Wildman–Crippen MR) is 118 cm³/mol. The highest BCUT2D eigenvalue weighted by Crippen LogP contribution is 2.44. The lowest BCUT2D eigenvalue weighted by Crippen LogP contribution is -2.38. The highest BCUT2D eigenvalue weighted by atomic mass is 35.5. The van der Waals surface area contributed by atoms with Gasteiger partial charge in [0.1, 0.15) is 6.61 Å². The maximum atomic E-state index is 13.0. The van der Waals surface area contributed by atoms with E-state index in [2.05, 4.69) is 32.3 Å². The van der Waals surface area contributed by atoms with Gasteiger partial charge in [-0.2, -0.15) is 0 Å². The van der Waals surface area contributed by atoms with Crippen LogP contribution in [0.4, 0.5) is 10.8 Å². The van der Waals surface area contributed by atoms with E-state index >= 15 is 0 Å². The summed E-state index contributed by atoms with van der Waals surface area (Å²) in [7, 11) is 0. The Morgan fingerprint density at radius 3 is 3.00 bits per heavy atom. The monoisotopic (exact) mass is 457 g/mol. The minimum absolute atomic E-state index is 0.230. The lowest BCUT2D eigenvalue weighted by molar-refractivity contribution is 0.0963. The number of carbonyl (C=O) groups is 1. The first-order valence-electron chi connectivity index (χ1n) is 9.94. The van der Waals surface area contributed by atoms with Crippen molar-refractivity contribution in [2.75, 3.05) is 23.4 Å². The molecular formula is C21H20ClN5O3S. The van der Waals surface area contributed by atoms with Gasteiger partial charge in [0.2, 0.25) is 5.13 Å². The standard InChI is InChI=1S/C21H20ClN5O3S/c1-12-17-18(12)29-9-8-27(17)16-10-23-7-6-15(16)19(28)24-20-25-26-21(31-20)30-11-13-2-4-14(22)5-3-13/h2-7,10,12,17-18H,8-9,11H2,1H3,(H,24,25,28)/t12-,17+,18-/m1/s1. The van der Waals surface area contributed by atoms with E-state index in [0.29, 0.717) is 46.1 Å². The first kappa shape index (κ1) is 20.2. The second kappa shape index (κ2) is 8.41. The molecule has 1 amide bonds. The molecule has 1 N–H and O–H groups in total. The zero-order valence-corrected chi connectivity index (χ0v) is 18.3. The minimum atomic E-state index is -0.255. The van der Waals surface area contributed by atoms with Crippen molar-refractivity contribution in [3.8, 4) is 5.19 Å². The normalized spacial score (nSPS) is 22.0. The number of fused-ring (bicyclic) bond motifs is 1. The van der Waals surface area contributed by atoms with Crippen LogP contribution in [-0.4, -0.2) is 46.4 Å². The van der Waals surface area contributed by atoms with Gasteiger partial charge in [0.15, 0.2) is 0 Å². The number of rotatable bonds is 6. The van der Waals surface area contributed by atoms with Crippen molar-refractivity contribution >= 4 is 39.7 Å². The molecule has 0 unspecified atom stereocenters. The number of amides is 1. The third-order valence-electron chi connectivity index (χ3n) is 5.51. The molecule has 10 heteroatoms. The number of nitrogens with zero attached hydrogens (tertiary/aromatic N) is 4. The number of aromatic nitrogens is 3. The van der Waals surface area contributed by atoms with Crippen molar-refractivity contribution < 1.29 is 14.3 Å². The van der Waals surface area contributed by atoms with Gasteiger partial charge >= 0.3 is 0 Å². The summed E-state index contributed by atoms with van der Waals surface area (Å²) in [4.78, 5) is 19.4. The number of carbonyl (C=O) groups excluding carboxylic acids is 1. The van der Waals surface area contributed by atoms with Crippen LogP contribution in [0.15, 0.2) is 42.7 Å². The smallest absolute Gasteiger partial charge is 0.296 e. The molecule has 160 valence electrons. The van der Waals surface area contributed by atoms with Crippen LogP contribution in [0.5, 0.6) is 5.19 Å². The molecule has 2 fully saturated rings. The second-order valence-electron chi connectivity index (χ2n) is 7.51. The van der Waals surface area contributed by atoms with E-state index in [1.807, 2.05) is 12.1 Å². The SMILES string of the molecule is C[C@H]1[C@H]2OCCN(c3cnccc3C(=O)Nc3nnc(OCc4ccc(Cl)cc4)s3)[C@@H]12. The number of nitrogens with one attached hydrogen (secondary N) is 1. The van der Waals surface area contributed by atoms with Crippen LogP contribution in [-0.2, 0) is 11.3 Å². The van der Waals surface area contributed by atoms with Crippen molar-refractivity contribution in [2.24, 2.45) is 5.92 Å². The fourth-order valence-corrected chi connectivity index (χ4v) is 4.57. The number of anilines is 2. The third kappa shape index (κ3) is 4.21. The van der Waals surface area contributed by atoms with Gasteiger partial charge in [-0.15, -0.1) is 5.10 Å². The number of benzene rings is 1. The summed E-state index contributed by atoms with van der Waals surface area (Å²) < 4.78 is 11.4. The molecule has 8 nitrogen and oxygen atoms in total. The molecule has 5 rings (SSSR count). The van der Waals surface area contributed by atoms with E-state index in [-0.39, 0.29) is 12.0 Å². The molecule has 1 aliphatic carbocycles. The molecule has 0 radical (unpaired) electrons. The topological polar surface area (TPSA) is 89.5 Å². The number of pyridine rings is 1. The molecule has 2 aromatic heterocycles. The third-order valence-corrected chi connectivity index (χ3v) is 6.51. The lowest BCUT2D eigenvalue weighted by Gasteiger charge is -2.29. The number of morpholine rings is 1. The van der Waals surface area contributed by atoms with E-state index in [4.69, 9.17) is 21.1 Å². The second-order valence-corrected chi connectivity index (χ2v) is 8.89. The van der Waals surface area contributed by atoms with Gasteiger partial charge in [-0.25, -0.2) is 0 Å². The summed E-state index contributed by atoms with van der Waals surface area (Å²) in [6.45, 7) is 3.88. The van der Waals surface area contributed by atoms with E-state index in [1.54, 1.807) is 30.6 Å². The average Bonchev–Trinajstić information content (AvgIpc) is 3.24. The maximum Gasteiger partial charge on any atom is 0.296 e. The van der Waals surface area contributed by atoms with Crippen LogP contribution < -0.4 is 15.0 Å². The fourth-order valence-electron chi connectivity index (χ4n) is 3.85. The molecule has 3 atom stereocenters. The maximum absolute atomic E-state index is 13.0. The van der Waals surface area contributed by atoms with E-state index < -0.39 is 0 Å². The highest BCUT2D eigenvalue weighted by Gasteiger charge is 2.54. The molecule has 1 aromatic carbocycles. The van der Waals surface area contributed by atoms with Crippen molar-refractivity contribution in [1.82, 2.24) is 15.2 Å². The summed E-state index contributed by atoms with van der Waals surface area (Å²) >= 11 is 7.07. The highest BCUT2D eigenvalue weighted by molar-refractivity contribution is 7.17. The molecule has 0 spiro atoms. The van der Waals surface area contributed by atoms with E-state index in [9.17, 15) is 4.79 Å². The van der Waals surface area contributed by atoms with Gasteiger partial charge in [0.05, 0.1) is 36.2 Å². The largest absolute Gasteiger partial charge is 0.464 e. The summed E-state index contributed by atoms with van der Waals surface area (Å²) in [5, 5.41) is 12.3. The average molecular weight is 458 g/mol. The Morgan fingerprint density at radius 2 is 2.16 bits per heavy atom. The Hall–Kier alpha value is -2.75. The fraction of sp³-hybridized carbons (Fsp3) is 0.333. The number of hydrogen-bond donors (Lipinski definition) is 1. The lowest BCUT2D eigenvalue weighted by atomic mass is 10.2. The molecule has 1 aliphatic heterocycles. The van der Waals surface area contributed by atoms with Crippen LogP contribution in [0, 0.1) is 5.92 Å². The predicted octanol–water partition coefficient (Wildman–Crippen LogP) is 3.64. The molecule has 1 saturated heterocycles. The number of ether oxygens (including phenoxy) is 2. The van der Waals surface area contributed by atoms with Gasteiger partial charge in [-0.05, 0) is 35.1 Å². The number of hydrogen-bond acceptors (Lipinski definition) is 8. The van der Waals surface area contributed by atoms with Crippen LogP contribution in [0.3, 0.4) is 0 Å². The van der Waals surface area contributed by atoms with Gasteiger partial charge < -0.3 is 14.4 Å². The quantitative estimate of drug-likeness (QED) is 0.604. The Labute approximate surface area is 188 Å². The molecule has 2 aliphatic rings. The molecule has 3 aromatic rings. The van der Waals surface area contributed by atoms with E-state index in [0.717, 1.165) is 17.8 Å². The van der Waals surface area contributed by atoms with E-state index in [1.165, 1.54) is 11.3 Å². The Morgan fingerprint density at radius 1 is 1.32 bits per heavy atom. The van der Waals surface area contributed by atoms with Gasteiger partial charge in [-0.1, -0.05) is 35.8 Å². The van der Waals surface area contributed by atoms with Crippen LogP contribution in [0.25, 0.3) is 0 Å². The van der Waals surface area contributed by atoms with Crippen molar-refractivity contribution in [3.05, 3.63) is 58.9 Å². The first-order chi connectivity index (χ1) is 15.1. The van der Waals surface area contributed by atoms with Crippen molar-refractivity contribution in [3.63, 3.8) is 0 Å². The Balaban J connectivity index is 1.25. The molecule has 1 saturated carbocycles. The summed E-state index contributed by atoms with van der Waals surface area (Å²) in [5.74, 6) is 0.191. The number of halogens is 1. The summed E-state index contributed by atoms with van der Waals surface area (Å²) in [6.07, 6.45) is 3.59. The molecule has 31 heavy (non-hydrogen) atoms. The van der Waals surface area contributed by atoms with Crippen LogP contribution in [0.2, 0.25) is 5.02 Å². The van der Waals surface area contributed by atoms with Gasteiger partial charge in [0, 0.05) is 23.7 Å². The molecule has 0 bridgehead atoms. The Bertz CT molecular complexity index is 1090. The summed E-state index contributed by atoms with van der Waals surface area (Å²) in [5.41, 5.74) is 2.32.